The van der Waals surface area contributed by atoms with Crippen molar-refractivity contribution in [1.82, 2.24) is 0 Å². The summed E-state index contributed by atoms with van der Waals surface area (Å²) in [5.74, 6) is -8.43. The molecule has 0 unspecified atom stereocenters. The van der Waals surface area contributed by atoms with E-state index in [1.807, 2.05) is 6.92 Å². The number of halogens is 4. The summed E-state index contributed by atoms with van der Waals surface area (Å²) in [6, 6.07) is 8.67. The predicted octanol–water partition coefficient (Wildman–Crippen LogP) is 3.93. The Bertz CT molecular complexity index is 887. The van der Waals surface area contributed by atoms with Crippen molar-refractivity contribution in [3.05, 3.63) is 88.6 Å². The Labute approximate surface area is 147 Å². The predicted molar refractivity (Wildman–Crippen MR) is 91.2 cm³/mol. The quantitative estimate of drug-likeness (QED) is 0.480. The summed E-state index contributed by atoms with van der Waals surface area (Å²) >= 11 is 0. The fraction of sp³-hybridized carbons (Fsp3) is 0.105. The highest BCUT2D eigenvalue weighted by molar-refractivity contribution is 6.03. The van der Waals surface area contributed by atoms with Gasteiger partial charge in [-0.2, -0.15) is 8.78 Å². The molecule has 0 aromatic heterocycles. The van der Waals surface area contributed by atoms with Gasteiger partial charge in [-0.15, -0.1) is 0 Å². The smallest absolute Gasteiger partial charge is 0.348 e. The molecule has 0 atom stereocenters. The van der Waals surface area contributed by atoms with Crippen LogP contribution in [-0.2, 0) is 0 Å². The number of Topliss-reactive ketones (excluding diaryl/α,β-unsaturated/α-hetero) is 1. The number of alkyl halides is 2. The van der Waals surface area contributed by atoms with E-state index in [1.165, 1.54) is 0 Å². The summed E-state index contributed by atoms with van der Waals surface area (Å²) < 4.78 is 54.9. The molecule has 2 aromatic rings. The lowest BCUT2D eigenvalue weighted by atomic mass is 10.0. The molecule has 0 aliphatic rings. The number of hydrogen-bond acceptors (Lipinski definition) is 3. The van der Waals surface area contributed by atoms with Crippen LogP contribution in [0.3, 0.4) is 0 Å². The minimum absolute atomic E-state index is 0.157. The average Bonchev–Trinajstić information content (AvgIpc) is 2.59. The molecular weight excluding hydrogens is 348 g/mol. The number of benzene rings is 2. The molecule has 0 saturated carbocycles. The Balaban J connectivity index is 2.29. The molecule has 0 radical (unpaired) electrons. The number of allylic oxidation sites excluding steroid dienone is 3. The minimum atomic E-state index is -4.18. The van der Waals surface area contributed by atoms with Gasteiger partial charge in [0.1, 0.15) is 11.6 Å². The number of ketones is 1. The first-order valence-corrected chi connectivity index (χ1v) is 7.51. The first-order valence-electron chi connectivity index (χ1n) is 7.51. The molecule has 7 heteroatoms. The summed E-state index contributed by atoms with van der Waals surface area (Å²) in [6.45, 7) is 1.88. The lowest BCUT2D eigenvalue weighted by molar-refractivity contribution is 0.0309. The van der Waals surface area contributed by atoms with Crippen molar-refractivity contribution in [3.63, 3.8) is 0 Å². The fourth-order valence-corrected chi connectivity index (χ4v) is 2.10. The molecule has 0 aliphatic carbocycles. The molecule has 0 bridgehead atoms. The van der Waals surface area contributed by atoms with Crippen LogP contribution in [0.2, 0.25) is 0 Å². The van der Waals surface area contributed by atoms with Gasteiger partial charge in [-0.1, -0.05) is 29.8 Å². The zero-order chi connectivity index (χ0) is 19.5. The van der Waals surface area contributed by atoms with Crippen LogP contribution in [0.15, 0.2) is 60.3 Å². The Morgan fingerprint density at radius 1 is 1.00 bits per heavy atom. The van der Waals surface area contributed by atoms with Crippen LogP contribution in [0.4, 0.5) is 17.6 Å². The summed E-state index contributed by atoms with van der Waals surface area (Å²) in [6.07, 6.45) is 1.91. The number of carbonyl (C=O) groups excluding carboxylic acids is 1. The lowest BCUT2D eigenvalue weighted by Gasteiger charge is -2.15. The van der Waals surface area contributed by atoms with Gasteiger partial charge in [0.25, 0.3) is 0 Å². The van der Waals surface area contributed by atoms with Crippen molar-refractivity contribution in [2.75, 3.05) is 0 Å². The molecule has 0 heterocycles. The highest BCUT2D eigenvalue weighted by atomic mass is 19.3. The summed E-state index contributed by atoms with van der Waals surface area (Å²) in [7, 11) is 0. The Morgan fingerprint density at radius 3 is 2.19 bits per heavy atom. The van der Waals surface area contributed by atoms with Crippen LogP contribution < -0.4 is 11.5 Å². The van der Waals surface area contributed by atoms with Gasteiger partial charge in [-0.25, -0.2) is 8.78 Å². The van der Waals surface area contributed by atoms with E-state index in [1.54, 1.807) is 24.3 Å². The van der Waals surface area contributed by atoms with Crippen molar-refractivity contribution in [3.8, 4) is 0 Å². The van der Waals surface area contributed by atoms with Crippen LogP contribution in [0.1, 0.15) is 21.5 Å². The molecule has 0 fully saturated rings. The van der Waals surface area contributed by atoms with E-state index in [0.717, 1.165) is 17.7 Å². The topological polar surface area (TPSA) is 69.1 Å². The molecule has 0 saturated heterocycles. The van der Waals surface area contributed by atoms with E-state index in [4.69, 9.17) is 11.5 Å². The summed E-state index contributed by atoms with van der Waals surface area (Å²) in [5, 5.41) is 0. The maximum Gasteiger partial charge on any atom is 0.348 e. The van der Waals surface area contributed by atoms with E-state index in [9.17, 15) is 22.4 Å². The molecule has 0 aliphatic heterocycles. The zero-order valence-corrected chi connectivity index (χ0v) is 13.8. The number of rotatable bonds is 5. The monoisotopic (exact) mass is 364 g/mol. The van der Waals surface area contributed by atoms with Gasteiger partial charge in [-0.05, 0) is 36.8 Å². The van der Waals surface area contributed by atoms with E-state index >= 15 is 0 Å². The fourth-order valence-electron chi connectivity index (χ4n) is 2.10. The summed E-state index contributed by atoms with van der Waals surface area (Å²) in [4.78, 5) is 11.9. The number of nitrogens with two attached hydrogens (primary N) is 2. The van der Waals surface area contributed by atoms with Crippen LogP contribution >= 0.6 is 0 Å². The van der Waals surface area contributed by atoms with Gasteiger partial charge < -0.3 is 11.5 Å². The van der Waals surface area contributed by atoms with Gasteiger partial charge in [0.2, 0.25) is 5.78 Å². The summed E-state index contributed by atoms with van der Waals surface area (Å²) in [5.41, 5.74) is 10.8. The standard InChI is InChI=1S/C19H16F4N2O/c1-11-2-4-12(5-3-11)16(24)8-9-17(25)19(22,23)18(26)14-7-6-13(20)10-15(14)21/h2-10H,24-25H2,1H3/b16-8-,17-9-. The van der Waals surface area contributed by atoms with Gasteiger partial charge in [0, 0.05) is 11.8 Å². The van der Waals surface area contributed by atoms with Crippen LogP contribution in [0.25, 0.3) is 5.70 Å². The Kier molecular flexibility index (Phi) is 5.50. The number of carbonyl (C=O) groups is 1. The Morgan fingerprint density at radius 2 is 1.62 bits per heavy atom. The molecule has 3 nitrogen and oxygen atoms in total. The molecule has 0 spiro atoms. The van der Waals surface area contributed by atoms with Crippen molar-refractivity contribution in [1.29, 1.82) is 0 Å². The second kappa shape index (κ2) is 7.43. The van der Waals surface area contributed by atoms with Crippen LogP contribution in [-0.4, -0.2) is 11.7 Å². The zero-order valence-electron chi connectivity index (χ0n) is 13.8. The first kappa shape index (κ1) is 19.2. The van der Waals surface area contributed by atoms with Crippen LogP contribution in [0.5, 0.6) is 0 Å². The molecule has 4 N–H and O–H groups in total. The number of hydrogen-bond donors (Lipinski definition) is 2. The van der Waals surface area contributed by atoms with E-state index < -0.39 is 34.6 Å². The Hall–Kier alpha value is -3.09. The van der Waals surface area contributed by atoms with Gasteiger partial charge in [0.05, 0.1) is 11.3 Å². The molecule has 2 rings (SSSR count). The normalized spacial score (nSPS) is 13.0. The maximum atomic E-state index is 14.2. The molecule has 26 heavy (non-hydrogen) atoms. The molecule has 136 valence electrons. The third kappa shape index (κ3) is 4.11. The van der Waals surface area contributed by atoms with Gasteiger partial charge in [0.15, 0.2) is 0 Å². The van der Waals surface area contributed by atoms with Crippen molar-refractivity contribution < 1.29 is 22.4 Å². The van der Waals surface area contributed by atoms with Crippen molar-refractivity contribution >= 4 is 11.5 Å². The average molecular weight is 364 g/mol. The highest BCUT2D eigenvalue weighted by Gasteiger charge is 2.43. The largest absolute Gasteiger partial charge is 0.398 e. The third-order valence-corrected chi connectivity index (χ3v) is 3.65. The molecular formula is C19H16F4N2O. The van der Waals surface area contributed by atoms with E-state index in [0.29, 0.717) is 23.8 Å². The van der Waals surface area contributed by atoms with E-state index in [-0.39, 0.29) is 5.70 Å². The second-order valence-corrected chi connectivity index (χ2v) is 5.64. The molecule has 2 aromatic carbocycles. The van der Waals surface area contributed by atoms with Gasteiger partial charge in [-0.3, -0.25) is 4.79 Å². The van der Waals surface area contributed by atoms with Crippen LogP contribution in [0, 0.1) is 18.6 Å². The van der Waals surface area contributed by atoms with Crippen molar-refractivity contribution in [2.24, 2.45) is 11.5 Å². The van der Waals surface area contributed by atoms with E-state index in [2.05, 4.69) is 0 Å². The minimum Gasteiger partial charge on any atom is -0.398 e. The second-order valence-electron chi connectivity index (χ2n) is 5.64. The highest BCUT2D eigenvalue weighted by Crippen LogP contribution is 2.27. The lowest BCUT2D eigenvalue weighted by Crippen LogP contribution is -2.35. The molecule has 0 amide bonds. The first-order chi connectivity index (χ1) is 12.1. The maximum absolute atomic E-state index is 14.2. The number of aryl methyl sites for hydroxylation is 1. The third-order valence-electron chi connectivity index (χ3n) is 3.65. The van der Waals surface area contributed by atoms with Crippen molar-refractivity contribution in [2.45, 2.75) is 12.8 Å². The van der Waals surface area contributed by atoms with Gasteiger partial charge >= 0.3 is 5.92 Å². The SMILES string of the molecule is Cc1ccc(/C(N)=C/C=C(\N)C(F)(F)C(=O)c2ccc(F)cc2F)cc1.